The number of rotatable bonds is 6. The van der Waals surface area contributed by atoms with Crippen molar-refractivity contribution in [2.24, 2.45) is 11.8 Å². The number of ether oxygens (including phenoxy) is 2. The van der Waals surface area contributed by atoms with E-state index in [0.717, 1.165) is 5.56 Å². The van der Waals surface area contributed by atoms with E-state index in [4.69, 9.17) is 9.47 Å². The molecule has 120 valence electrons. The Morgan fingerprint density at radius 2 is 1.50 bits per heavy atom. The molecule has 2 rings (SSSR count). The summed E-state index contributed by atoms with van der Waals surface area (Å²) in [6, 6.07) is 10.0. The molecule has 0 aromatic heterocycles. The minimum atomic E-state index is -0.442. The molecule has 0 amide bonds. The highest BCUT2D eigenvalue weighted by molar-refractivity contribution is 5.83. The summed E-state index contributed by atoms with van der Waals surface area (Å²) in [4.78, 5) is 26.3. The van der Waals surface area contributed by atoms with Crippen LogP contribution in [0, 0.1) is 11.8 Å². The summed E-state index contributed by atoms with van der Waals surface area (Å²) in [5.41, 5.74) is 1.16. The molecule has 22 heavy (non-hydrogen) atoms. The maximum absolute atomic E-state index is 12.1. The minimum absolute atomic E-state index is 0.309. The van der Waals surface area contributed by atoms with Gasteiger partial charge in [-0.3, -0.25) is 14.5 Å². The van der Waals surface area contributed by atoms with Gasteiger partial charge in [-0.2, -0.15) is 0 Å². The van der Waals surface area contributed by atoms with Crippen molar-refractivity contribution >= 4 is 11.9 Å². The molecule has 1 aromatic rings. The lowest BCUT2D eigenvalue weighted by Gasteiger charge is -2.15. The van der Waals surface area contributed by atoms with Crippen LogP contribution in [0.5, 0.6) is 0 Å². The van der Waals surface area contributed by atoms with E-state index in [1.54, 1.807) is 13.8 Å². The van der Waals surface area contributed by atoms with Gasteiger partial charge < -0.3 is 9.47 Å². The van der Waals surface area contributed by atoms with Gasteiger partial charge in [0.15, 0.2) is 0 Å². The van der Waals surface area contributed by atoms with Crippen molar-refractivity contribution in [3.05, 3.63) is 35.9 Å². The second kappa shape index (κ2) is 7.94. The first-order valence-electron chi connectivity index (χ1n) is 7.75. The van der Waals surface area contributed by atoms with Crippen molar-refractivity contribution in [3.8, 4) is 0 Å². The van der Waals surface area contributed by atoms with E-state index < -0.39 is 11.8 Å². The van der Waals surface area contributed by atoms with E-state index >= 15 is 0 Å². The van der Waals surface area contributed by atoms with Crippen molar-refractivity contribution < 1.29 is 19.1 Å². The van der Waals surface area contributed by atoms with Gasteiger partial charge in [-0.25, -0.2) is 0 Å². The maximum atomic E-state index is 12.1. The molecule has 5 heteroatoms. The third-order valence-corrected chi connectivity index (χ3v) is 3.82. The van der Waals surface area contributed by atoms with Crippen molar-refractivity contribution in [3.63, 3.8) is 0 Å². The number of hydrogen-bond donors (Lipinski definition) is 0. The standard InChI is InChI=1S/C17H23NO4/c1-3-21-16(19)14-11-18(10-13-8-6-5-7-9-13)12-15(14)17(20)22-4-2/h5-9,14-15H,3-4,10-12H2,1-2H3/t14-,15?/m0/s1. The van der Waals surface area contributed by atoms with Crippen LogP contribution >= 0.6 is 0 Å². The summed E-state index contributed by atoms with van der Waals surface area (Å²) >= 11 is 0. The van der Waals surface area contributed by atoms with E-state index in [-0.39, 0.29) is 11.9 Å². The van der Waals surface area contributed by atoms with Gasteiger partial charge in [-0.05, 0) is 19.4 Å². The van der Waals surface area contributed by atoms with Crippen LogP contribution in [0.2, 0.25) is 0 Å². The molecular formula is C17H23NO4. The Morgan fingerprint density at radius 3 is 1.95 bits per heavy atom. The van der Waals surface area contributed by atoms with Gasteiger partial charge in [0.05, 0.1) is 25.0 Å². The Morgan fingerprint density at radius 1 is 1.00 bits per heavy atom. The van der Waals surface area contributed by atoms with Crippen LogP contribution in [0.4, 0.5) is 0 Å². The zero-order chi connectivity index (χ0) is 15.9. The van der Waals surface area contributed by atoms with Gasteiger partial charge in [-0.1, -0.05) is 30.3 Å². The summed E-state index contributed by atoms with van der Waals surface area (Å²) in [5, 5.41) is 0. The zero-order valence-corrected chi connectivity index (χ0v) is 13.2. The Bertz CT molecular complexity index is 477. The average molecular weight is 305 g/mol. The molecular weight excluding hydrogens is 282 g/mol. The lowest BCUT2D eigenvalue weighted by Crippen LogP contribution is -2.31. The monoisotopic (exact) mass is 305 g/mol. The van der Waals surface area contributed by atoms with Crippen LogP contribution in [0.3, 0.4) is 0 Å². The Hall–Kier alpha value is -1.88. The molecule has 0 bridgehead atoms. The van der Waals surface area contributed by atoms with Gasteiger partial charge in [0.1, 0.15) is 0 Å². The normalized spacial score (nSPS) is 21.5. The van der Waals surface area contributed by atoms with E-state index in [9.17, 15) is 9.59 Å². The highest BCUT2D eigenvalue weighted by atomic mass is 16.5. The lowest BCUT2D eigenvalue weighted by molar-refractivity contribution is -0.157. The van der Waals surface area contributed by atoms with Crippen LogP contribution in [0.25, 0.3) is 0 Å². The molecule has 1 aliphatic rings. The predicted molar refractivity (Wildman–Crippen MR) is 82.0 cm³/mol. The number of carbonyl (C=O) groups excluding carboxylic acids is 2. The number of esters is 2. The molecule has 0 N–H and O–H groups in total. The summed E-state index contributed by atoms with van der Waals surface area (Å²) in [5.74, 6) is -1.50. The fourth-order valence-electron chi connectivity index (χ4n) is 2.83. The Labute approximate surface area is 131 Å². The molecule has 1 unspecified atom stereocenters. The smallest absolute Gasteiger partial charge is 0.311 e. The molecule has 0 saturated carbocycles. The summed E-state index contributed by atoms with van der Waals surface area (Å²) in [6.45, 7) is 5.95. The maximum Gasteiger partial charge on any atom is 0.311 e. The van der Waals surface area contributed by atoms with Crippen molar-refractivity contribution in [1.82, 2.24) is 4.90 Å². The topological polar surface area (TPSA) is 55.8 Å². The largest absolute Gasteiger partial charge is 0.466 e. The summed E-state index contributed by atoms with van der Waals surface area (Å²) in [7, 11) is 0. The summed E-state index contributed by atoms with van der Waals surface area (Å²) in [6.07, 6.45) is 0. The number of hydrogen-bond acceptors (Lipinski definition) is 5. The molecule has 1 fully saturated rings. The zero-order valence-electron chi connectivity index (χ0n) is 13.2. The average Bonchev–Trinajstić information content (AvgIpc) is 2.93. The predicted octanol–water partition coefficient (Wildman–Crippen LogP) is 1.86. The molecule has 1 heterocycles. The highest BCUT2D eigenvalue weighted by Crippen LogP contribution is 2.27. The Kier molecular flexibility index (Phi) is 5.95. The van der Waals surface area contributed by atoms with Crippen LogP contribution in [-0.4, -0.2) is 43.1 Å². The molecule has 1 saturated heterocycles. The molecule has 2 atom stereocenters. The first-order chi connectivity index (χ1) is 10.7. The van der Waals surface area contributed by atoms with Crippen LogP contribution in [0.15, 0.2) is 30.3 Å². The van der Waals surface area contributed by atoms with Crippen LogP contribution < -0.4 is 0 Å². The molecule has 0 spiro atoms. The van der Waals surface area contributed by atoms with Gasteiger partial charge in [0.2, 0.25) is 0 Å². The first-order valence-corrected chi connectivity index (χ1v) is 7.75. The Balaban J connectivity index is 2.06. The second-order valence-electron chi connectivity index (χ2n) is 5.40. The van der Waals surface area contributed by atoms with Gasteiger partial charge in [0, 0.05) is 19.6 Å². The number of carbonyl (C=O) groups is 2. The summed E-state index contributed by atoms with van der Waals surface area (Å²) < 4.78 is 10.2. The quantitative estimate of drug-likeness (QED) is 0.751. The fraction of sp³-hybridized carbons (Fsp3) is 0.529. The van der Waals surface area contributed by atoms with E-state index in [1.807, 2.05) is 30.3 Å². The van der Waals surface area contributed by atoms with Crippen molar-refractivity contribution in [1.29, 1.82) is 0 Å². The minimum Gasteiger partial charge on any atom is -0.466 e. The van der Waals surface area contributed by atoms with Crippen molar-refractivity contribution in [2.45, 2.75) is 20.4 Å². The number of nitrogens with zero attached hydrogens (tertiary/aromatic N) is 1. The second-order valence-corrected chi connectivity index (χ2v) is 5.40. The van der Waals surface area contributed by atoms with Gasteiger partial charge in [-0.15, -0.1) is 0 Å². The van der Waals surface area contributed by atoms with Crippen LogP contribution in [-0.2, 0) is 25.6 Å². The molecule has 1 aromatic carbocycles. The third-order valence-electron chi connectivity index (χ3n) is 3.82. The van der Waals surface area contributed by atoms with E-state index in [0.29, 0.717) is 32.8 Å². The van der Waals surface area contributed by atoms with E-state index in [2.05, 4.69) is 4.90 Å². The van der Waals surface area contributed by atoms with Crippen LogP contribution in [0.1, 0.15) is 19.4 Å². The fourth-order valence-corrected chi connectivity index (χ4v) is 2.83. The van der Waals surface area contributed by atoms with Crippen molar-refractivity contribution in [2.75, 3.05) is 26.3 Å². The molecule has 5 nitrogen and oxygen atoms in total. The molecule has 0 aliphatic carbocycles. The SMILES string of the molecule is CCOC(=O)C1CN(Cc2ccccc2)C[C@@H]1C(=O)OCC. The number of benzene rings is 1. The third kappa shape index (κ3) is 4.07. The number of likely N-dealkylation sites (tertiary alicyclic amines) is 1. The van der Waals surface area contributed by atoms with Gasteiger partial charge >= 0.3 is 11.9 Å². The lowest BCUT2D eigenvalue weighted by atomic mass is 9.96. The first kappa shape index (κ1) is 16.5. The van der Waals surface area contributed by atoms with E-state index in [1.165, 1.54) is 0 Å². The van der Waals surface area contributed by atoms with Gasteiger partial charge in [0.25, 0.3) is 0 Å². The molecule has 1 aliphatic heterocycles. The highest BCUT2D eigenvalue weighted by Gasteiger charge is 2.43. The molecule has 0 radical (unpaired) electrons.